The minimum atomic E-state index is 1.14. The molecule has 0 aromatic heterocycles. The van der Waals surface area contributed by atoms with Gasteiger partial charge < -0.3 is 0 Å². The first kappa shape index (κ1) is 11.0. The zero-order chi connectivity index (χ0) is 7.66. The van der Waals surface area contributed by atoms with Crippen molar-refractivity contribution in [3.05, 3.63) is 6.42 Å². The zero-order valence-corrected chi connectivity index (χ0v) is 9.46. The van der Waals surface area contributed by atoms with Gasteiger partial charge in [0.05, 0.1) is 0 Å². The lowest BCUT2D eigenvalue weighted by atomic mass is 10.1. The quantitative estimate of drug-likeness (QED) is 0.486. The summed E-state index contributed by atoms with van der Waals surface area (Å²) >= 11 is 6.82. The summed E-state index contributed by atoms with van der Waals surface area (Å²) in [5, 5.41) is 2.29. The second-order valence-corrected chi connectivity index (χ2v) is 3.89. The Kier molecular flexibility index (Phi) is 10.9. The maximum atomic E-state index is 3.41. The Balaban J connectivity index is 2.65. The molecule has 0 bridgehead atoms. The molecule has 0 amide bonds. The molecule has 2 heteroatoms. The molecule has 61 valence electrons. The molecule has 0 aliphatic rings. The third-order valence-corrected chi connectivity index (χ3v) is 2.46. The largest absolute Gasteiger partial charge is 0.0928 e. The minimum Gasteiger partial charge on any atom is -0.0928 e. The summed E-state index contributed by atoms with van der Waals surface area (Å²) < 4.78 is 0. The average molecular weight is 271 g/mol. The van der Waals surface area contributed by atoms with Crippen LogP contribution in [0.4, 0.5) is 0 Å². The molecular weight excluding hydrogens is 256 g/mol. The zero-order valence-electron chi connectivity index (χ0n) is 6.28. The molecule has 0 rings (SSSR count). The van der Waals surface area contributed by atoms with Crippen molar-refractivity contribution in [1.82, 2.24) is 0 Å². The Morgan fingerprint density at radius 1 is 0.800 bits per heavy atom. The lowest BCUT2D eigenvalue weighted by molar-refractivity contribution is 0.746. The van der Waals surface area contributed by atoms with Gasteiger partial charge >= 0.3 is 0 Å². The molecule has 0 atom stereocenters. The molecule has 0 N–H and O–H groups in total. The van der Waals surface area contributed by atoms with Crippen LogP contribution in [0.5, 0.6) is 0 Å². The third kappa shape index (κ3) is 8.96. The Bertz CT molecular complexity index is 47.2. The Hall–Kier alpha value is 0.960. The Labute approximate surface area is 81.0 Å². The van der Waals surface area contributed by atoms with Crippen molar-refractivity contribution < 1.29 is 0 Å². The van der Waals surface area contributed by atoms with E-state index in [1.807, 2.05) is 0 Å². The van der Waals surface area contributed by atoms with E-state index in [4.69, 9.17) is 0 Å². The van der Waals surface area contributed by atoms with Crippen molar-refractivity contribution in [1.29, 1.82) is 0 Å². The van der Waals surface area contributed by atoms with Crippen LogP contribution in [0.1, 0.15) is 32.1 Å². The number of unbranched alkanes of at least 4 members (excludes halogenated alkanes) is 5. The highest BCUT2D eigenvalue weighted by Crippen LogP contribution is 2.05. The fourth-order valence-corrected chi connectivity index (χ4v) is 1.47. The van der Waals surface area contributed by atoms with E-state index in [2.05, 4.69) is 38.3 Å². The van der Waals surface area contributed by atoms with Crippen LogP contribution in [0.3, 0.4) is 0 Å². The fourth-order valence-electron chi connectivity index (χ4n) is 0.749. The van der Waals surface area contributed by atoms with Crippen molar-refractivity contribution in [2.45, 2.75) is 32.1 Å². The number of hydrogen-bond donors (Lipinski definition) is 0. The van der Waals surface area contributed by atoms with Gasteiger partial charge in [0, 0.05) is 10.7 Å². The predicted octanol–water partition coefficient (Wildman–Crippen LogP) is 3.93. The maximum Gasteiger partial charge on any atom is 0.00314 e. The summed E-state index contributed by atoms with van der Waals surface area (Å²) in [6.45, 7) is 0. The molecule has 0 saturated carbocycles. The molecule has 0 spiro atoms. The molecule has 0 heterocycles. The molecule has 0 aliphatic heterocycles. The van der Waals surface area contributed by atoms with E-state index in [0.29, 0.717) is 0 Å². The summed E-state index contributed by atoms with van der Waals surface area (Å²) in [5.74, 6) is 0. The van der Waals surface area contributed by atoms with Gasteiger partial charge in [-0.25, -0.2) is 0 Å². The molecule has 0 nitrogen and oxygen atoms in total. The number of hydrogen-bond acceptors (Lipinski definition) is 0. The Morgan fingerprint density at radius 3 is 2.00 bits per heavy atom. The van der Waals surface area contributed by atoms with Gasteiger partial charge in [-0.05, 0) is 25.7 Å². The van der Waals surface area contributed by atoms with Crippen LogP contribution in [-0.2, 0) is 0 Å². The van der Waals surface area contributed by atoms with Gasteiger partial charge in [-0.15, -0.1) is 0 Å². The molecule has 0 aromatic carbocycles. The van der Waals surface area contributed by atoms with Gasteiger partial charge in [0.15, 0.2) is 0 Å². The van der Waals surface area contributed by atoms with Crippen molar-refractivity contribution in [2.75, 3.05) is 10.7 Å². The molecular formula is C8H15Br2. The van der Waals surface area contributed by atoms with Crippen LogP contribution in [0.15, 0.2) is 0 Å². The van der Waals surface area contributed by atoms with Gasteiger partial charge in [-0.2, -0.15) is 0 Å². The first-order chi connectivity index (χ1) is 4.91. The predicted molar refractivity (Wildman–Crippen MR) is 55.0 cm³/mol. The van der Waals surface area contributed by atoms with Crippen molar-refractivity contribution in [3.63, 3.8) is 0 Å². The first-order valence-corrected chi connectivity index (χ1v) is 6.09. The van der Waals surface area contributed by atoms with Crippen molar-refractivity contribution in [3.8, 4) is 0 Å². The SMILES string of the molecule is BrCCC[CH]CCCCBr. The maximum absolute atomic E-state index is 3.41. The van der Waals surface area contributed by atoms with Crippen LogP contribution >= 0.6 is 31.9 Å². The smallest absolute Gasteiger partial charge is 0.00314 e. The average Bonchev–Trinajstić information content (AvgIpc) is 1.97. The topological polar surface area (TPSA) is 0 Å². The first-order valence-electron chi connectivity index (χ1n) is 3.85. The van der Waals surface area contributed by atoms with Gasteiger partial charge in [0.1, 0.15) is 0 Å². The second kappa shape index (κ2) is 9.96. The number of rotatable bonds is 7. The van der Waals surface area contributed by atoms with Crippen LogP contribution in [0.25, 0.3) is 0 Å². The second-order valence-electron chi connectivity index (χ2n) is 2.30. The molecule has 0 unspecified atom stereocenters. The van der Waals surface area contributed by atoms with E-state index in [1.165, 1.54) is 32.1 Å². The number of alkyl halides is 2. The Morgan fingerprint density at radius 2 is 1.40 bits per heavy atom. The van der Waals surface area contributed by atoms with E-state index in [0.717, 1.165) is 10.7 Å². The lowest BCUT2D eigenvalue weighted by Gasteiger charge is -1.96. The van der Waals surface area contributed by atoms with Crippen LogP contribution < -0.4 is 0 Å². The molecule has 1 radical (unpaired) electrons. The van der Waals surface area contributed by atoms with Crippen LogP contribution in [-0.4, -0.2) is 10.7 Å². The lowest BCUT2D eigenvalue weighted by Crippen LogP contribution is -1.81. The van der Waals surface area contributed by atoms with Crippen molar-refractivity contribution >= 4 is 31.9 Å². The highest BCUT2D eigenvalue weighted by molar-refractivity contribution is 9.09. The normalized spacial score (nSPS) is 10.2. The monoisotopic (exact) mass is 269 g/mol. The molecule has 0 aromatic rings. The summed E-state index contributed by atoms with van der Waals surface area (Å²) in [4.78, 5) is 0. The molecule has 0 aliphatic carbocycles. The van der Waals surface area contributed by atoms with Crippen molar-refractivity contribution in [2.24, 2.45) is 0 Å². The fraction of sp³-hybridized carbons (Fsp3) is 0.875. The highest BCUT2D eigenvalue weighted by atomic mass is 79.9. The number of halogens is 2. The van der Waals surface area contributed by atoms with Gasteiger partial charge in [-0.3, -0.25) is 0 Å². The van der Waals surface area contributed by atoms with E-state index in [-0.39, 0.29) is 0 Å². The summed E-state index contributed by atoms with van der Waals surface area (Å²) in [6.07, 6.45) is 8.89. The van der Waals surface area contributed by atoms with E-state index in [9.17, 15) is 0 Å². The van der Waals surface area contributed by atoms with E-state index in [1.54, 1.807) is 0 Å². The highest BCUT2D eigenvalue weighted by Gasteiger charge is 1.88. The van der Waals surface area contributed by atoms with Gasteiger partial charge in [0.25, 0.3) is 0 Å². The summed E-state index contributed by atoms with van der Waals surface area (Å²) in [5.41, 5.74) is 0. The summed E-state index contributed by atoms with van der Waals surface area (Å²) in [7, 11) is 0. The van der Waals surface area contributed by atoms with Crippen LogP contribution in [0.2, 0.25) is 0 Å². The standard InChI is InChI=1S/C8H15Br2/c9-7-5-3-1-2-4-6-8-10/h1H,2-8H2. The molecule has 0 saturated heterocycles. The van der Waals surface area contributed by atoms with E-state index >= 15 is 0 Å². The van der Waals surface area contributed by atoms with Crippen LogP contribution in [0, 0.1) is 6.42 Å². The molecule has 0 fully saturated rings. The van der Waals surface area contributed by atoms with Gasteiger partial charge in [-0.1, -0.05) is 44.7 Å². The molecule has 10 heavy (non-hydrogen) atoms. The summed E-state index contributed by atoms with van der Waals surface area (Å²) in [6, 6.07) is 0. The third-order valence-electron chi connectivity index (χ3n) is 1.33. The van der Waals surface area contributed by atoms with E-state index < -0.39 is 0 Å². The van der Waals surface area contributed by atoms with Gasteiger partial charge in [0.2, 0.25) is 0 Å². The minimum absolute atomic E-state index is 1.14.